The van der Waals surface area contributed by atoms with Gasteiger partial charge in [0.15, 0.2) is 11.5 Å². The molecule has 2 amide bonds. The van der Waals surface area contributed by atoms with Gasteiger partial charge in [-0.2, -0.15) is 0 Å². The Morgan fingerprint density at radius 2 is 1.60 bits per heavy atom. The monoisotopic (exact) mass is 343 g/mol. The van der Waals surface area contributed by atoms with Crippen molar-refractivity contribution in [2.45, 2.75) is 0 Å². The number of para-hydroxylation sites is 1. The van der Waals surface area contributed by atoms with Crippen molar-refractivity contribution in [1.29, 1.82) is 0 Å². The molecule has 1 saturated heterocycles. The van der Waals surface area contributed by atoms with Gasteiger partial charge in [0, 0.05) is 51.4 Å². The Balaban J connectivity index is 1.33. The zero-order chi connectivity index (χ0) is 17.2. The highest BCUT2D eigenvalue weighted by Gasteiger charge is 2.26. The molecule has 3 aliphatic rings. The van der Waals surface area contributed by atoms with Crippen LogP contribution in [0.1, 0.15) is 0 Å². The fourth-order valence-electron chi connectivity index (χ4n) is 3.41. The van der Waals surface area contributed by atoms with Gasteiger partial charge in [-0.25, -0.2) is 0 Å². The van der Waals surface area contributed by atoms with E-state index in [0.29, 0.717) is 26.3 Å². The summed E-state index contributed by atoms with van der Waals surface area (Å²) >= 11 is 0. The normalized spacial score (nSPS) is 20.5. The first-order valence-electron chi connectivity index (χ1n) is 8.62. The van der Waals surface area contributed by atoms with E-state index in [1.807, 2.05) is 12.1 Å². The molecular weight excluding hydrogens is 322 g/mol. The summed E-state index contributed by atoms with van der Waals surface area (Å²) in [4.78, 5) is 29.1. The van der Waals surface area contributed by atoms with E-state index >= 15 is 0 Å². The van der Waals surface area contributed by atoms with E-state index in [-0.39, 0.29) is 11.8 Å². The highest BCUT2D eigenvalue weighted by atomic mass is 16.6. The molecule has 4 rings (SSSR count). The van der Waals surface area contributed by atoms with E-state index in [1.165, 1.54) is 17.1 Å². The summed E-state index contributed by atoms with van der Waals surface area (Å²) in [6.07, 6.45) is 2.67. The molecule has 7 nitrogen and oxygen atoms in total. The Kier molecular flexibility index (Phi) is 4.31. The summed E-state index contributed by atoms with van der Waals surface area (Å²) in [6, 6.07) is 6.00. The maximum Gasteiger partial charge on any atom is 0.253 e. The number of ether oxygens (including phenoxy) is 2. The molecule has 132 valence electrons. The molecule has 0 saturated carbocycles. The van der Waals surface area contributed by atoms with E-state index in [0.717, 1.165) is 43.4 Å². The number of hydrogen-bond acceptors (Lipinski definition) is 6. The number of piperazine rings is 1. The van der Waals surface area contributed by atoms with Gasteiger partial charge in [0.1, 0.15) is 13.2 Å². The molecule has 0 N–H and O–H groups in total. The summed E-state index contributed by atoms with van der Waals surface area (Å²) in [6.45, 7) is 5.84. The van der Waals surface area contributed by atoms with Crippen LogP contribution in [0.3, 0.4) is 0 Å². The third-order valence-corrected chi connectivity index (χ3v) is 4.80. The molecule has 3 heterocycles. The molecule has 0 radical (unpaired) electrons. The standard InChI is InChI=1S/C18H21N3O4/c22-16-4-5-17(23)21(16)11-8-19-6-9-20(10-7-19)14-2-1-3-15-18(14)25-13-12-24-15/h1-5H,6-13H2. The molecule has 1 aromatic rings. The average Bonchev–Trinajstić information content (AvgIpc) is 2.98. The second-order valence-corrected chi connectivity index (χ2v) is 6.29. The Morgan fingerprint density at radius 1 is 0.880 bits per heavy atom. The van der Waals surface area contributed by atoms with Gasteiger partial charge >= 0.3 is 0 Å². The Bertz CT molecular complexity index is 692. The van der Waals surface area contributed by atoms with Gasteiger partial charge < -0.3 is 14.4 Å². The molecule has 1 aromatic carbocycles. The number of nitrogens with zero attached hydrogens (tertiary/aromatic N) is 3. The van der Waals surface area contributed by atoms with E-state index < -0.39 is 0 Å². The highest BCUT2D eigenvalue weighted by molar-refractivity contribution is 6.12. The van der Waals surface area contributed by atoms with Gasteiger partial charge in [-0.1, -0.05) is 6.07 Å². The lowest BCUT2D eigenvalue weighted by atomic mass is 10.2. The van der Waals surface area contributed by atoms with Gasteiger partial charge in [-0.3, -0.25) is 19.4 Å². The lowest BCUT2D eigenvalue weighted by Crippen LogP contribution is -2.49. The van der Waals surface area contributed by atoms with Crippen LogP contribution < -0.4 is 14.4 Å². The van der Waals surface area contributed by atoms with Gasteiger partial charge in [0.2, 0.25) is 0 Å². The van der Waals surface area contributed by atoms with Crippen molar-refractivity contribution in [3.05, 3.63) is 30.4 Å². The van der Waals surface area contributed by atoms with E-state index in [9.17, 15) is 9.59 Å². The van der Waals surface area contributed by atoms with Crippen molar-refractivity contribution >= 4 is 17.5 Å². The largest absolute Gasteiger partial charge is 0.486 e. The third kappa shape index (κ3) is 3.19. The summed E-state index contributed by atoms with van der Waals surface area (Å²) < 4.78 is 11.5. The minimum atomic E-state index is -0.211. The minimum absolute atomic E-state index is 0.211. The van der Waals surface area contributed by atoms with Crippen molar-refractivity contribution < 1.29 is 19.1 Å². The van der Waals surface area contributed by atoms with Crippen molar-refractivity contribution in [3.8, 4) is 11.5 Å². The highest BCUT2D eigenvalue weighted by Crippen LogP contribution is 2.39. The number of rotatable bonds is 4. The predicted octanol–water partition coefficient (Wildman–Crippen LogP) is 0.505. The predicted molar refractivity (Wildman–Crippen MR) is 91.9 cm³/mol. The fraction of sp³-hybridized carbons (Fsp3) is 0.444. The number of carbonyl (C=O) groups excluding carboxylic acids is 2. The van der Waals surface area contributed by atoms with Crippen LogP contribution in [0.5, 0.6) is 11.5 Å². The minimum Gasteiger partial charge on any atom is -0.486 e. The fourth-order valence-corrected chi connectivity index (χ4v) is 3.41. The van der Waals surface area contributed by atoms with Crippen molar-refractivity contribution in [2.24, 2.45) is 0 Å². The zero-order valence-corrected chi connectivity index (χ0v) is 14.0. The number of amides is 2. The Morgan fingerprint density at radius 3 is 2.36 bits per heavy atom. The lowest BCUT2D eigenvalue weighted by molar-refractivity contribution is -0.137. The molecule has 0 atom stereocenters. The quantitative estimate of drug-likeness (QED) is 0.742. The molecule has 0 unspecified atom stereocenters. The third-order valence-electron chi connectivity index (χ3n) is 4.80. The molecule has 0 aromatic heterocycles. The molecule has 0 aliphatic carbocycles. The summed E-state index contributed by atoms with van der Waals surface area (Å²) in [7, 11) is 0. The van der Waals surface area contributed by atoms with Gasteiger partial charge in [0.25, 0.3) is 11.8 Å². The van der Waals surface area contributed by atoms with Crippen LogP contribution >= 0.6 is 0 Å². The number of carbonyl (C=O) groups is 2. The zero-order valence-electron chi connectivity index (χ0n) is 14.0. The number of hydrogen-bond donors (Lipinski definition) is 0. The maximum absolute atomic E-state index is 11.6. The molecule has 25 heavy (non-hydrogen) atoms. The molecule has 0 bridgehead atoms. The van der Waals surface area contributed by atoms with E-state index in [2.05, 4.69) is 15.9 Å². The second-order valence-electron chi connectivity index (χ2n) is 6.29. The van der Waals surface area contributed by atoms with Gasteiger partial charge in [-0.05, 0) is 12.1 Å². The number of fused-ring (bicyclic) bond motifs is 1. The molecule has 0 spiro atoms. The molecule has 3 aliphatic heterocycles. The van der Waals surface area contributed by atoms with Crippen molar-refractivity contribution in [1.82, 2.24) is 9.80 Å². The molecule has 1 fully saturated rings. The van der Waals surface area contributed by atoms with Gasteiger partial charge in [0.05, 0.1) is 5.69 Å². The van der Waals surface area contributed by atoms with Crippen LogP contribution in [0, 0.1) is 0 Å². The summed E-state index contributed by atoms with van der Waals surface area (Å²) in [5.41, 5.74) is 1.07. The molecular formula is C18H21N3O4. The van der Waals surface area contributed by atoms with Crippen LogP contribution in [0.2, 0.25) is 0 Å². The van der Waals surface area contributed by atoms with E-state index in [1.54, 1.807) is 0 Å². The van der Waals surface area contributed by atoms with Crippen LogP contribution in [0.15, 0.2) is 30.4 Å². The summed E-state index contributed by atoms with van der Waals surface area (Å²) in [5.74, 6) is 1.22. The number of benzene rings is 1. The topological polar surface area (TPSA) is 62.3 Å². The maximum atomic E-state index is 11.6. The van der Waals surface area contributed by atoms with Crippen LogP contribution in [0.4, 0.5) is 5.69 Å². The number of anilines is 1. The first kappa shape index (κ1) is 16.0. The first-order valence-corrected chi connectivity index (χ1v) is 8.62. The average molecular weight is 343 g/mol. The molecule has 7 heteroatoms. The van der Waals surface area contributed by atoms with Crippen molar-refractivity contribution in [3.63, 3.8) is 0 Å². The second kappa shape index (κ2) is 6.76. The summed E-state index contributed by atoms with van der Waals surface area (Å²) in [5, 5.41) is 0. The Labute approximate surface area is 146 Å². The smallest absolute Gasteiger partial charge is 0.253 e. The van der Waals surface area contributed by atoms with E-state index in [4.69, 9.17) is 9.47 Å². The van der Waals surface area contributed by atoms with Crippen LogP contribution in [0.25, 0.3) is 0 Å². The SMILES string of the molecule is O=C1C=CC(=O)N1CCN1CCN(c2cccc3c2OCCO3)CC1. The van der Waals surface area contributed by atoms with Crippen LogP contribution in [-0.4, -0.2) is 74.1 Å². The Hall–Kier alpha value is -2.54. The van der Waals surface area contributed by atoms with Crippen LogP contribution in [-0.2, 0) is 9.59 Å². The van der Waals surface area contributed by atoms with Crippen molar-refractivity contribution in [2.75, 3.05) is 57.4 Å². The lowest BCUT2D eigenvalue weighted by Gasteiger charge is -2.37. The first-order chi connectivity index (χ1) is 12.2. The number of imide groups is 1. The van der Waals surface area contributed by atoms with Gasteiger partial charge in [-0.15, -0.1) is 0 Å².